The molecule has 0 unspecified atom stereocenters. The number of benzene rings is 2. The molecule has 1 amide bonds. The molecule has 2 aliphatic rings. The van der Waals surface area contributed by atoms with E-state index in [-0.39, 0.29) is 9.80 Å². The Labute approximate surface area is 173 Å². The van der Waals surface area contributed by atoms with Crippen molar-refractivity contribution in [2.75, 3.05) is 31.2 Å². The number of halogens is 1. The number of hydrogen-bond donors (Lipinski definition) is 0. The van der Waals surface area contributed by atoms with Crippen molar-refractivity contribution in [1.29, 1.82) is 5.26 Å². The zero-order chi connectivity index (χ0) is 20.6. The Morgan fingerprint density at radius 1 is 1.10 bits per heavy atom. The van der Waals surface area contributed by atoms with Crippen molar-refractivity contribution in [3.63, 3.8) is 0 Å². The molecule has 0 spiro atoms. The number of sulfone groups is 1. The first-order valence-electron chi connectivity index (χ1n) is 8.85. The Kier molecular flexibility index (Phi) is 5.04. The van der Waals surface area contributed by atoms with Gasteiger partial charge in [0.15, 0.2) is 4.91 Å². The first-order chi connectivity index (χ1) is 13.9. The summed E-state index contributed by atoms with van der Waals surface area (Å²) in [6.45, 7) is 1.39. The molecule has 0 saturated carbocycles. The number of nitrogens with zero attached hydrogens (tertiary/aromatic N) is 3. The smallest absolute Gasteiger partial charge is 0.267 e. The summed E-state index contributed by atoms with van der Waals surface area (Å²) in [7, 11) is -4.03. The maximum atomic E-state index is 13.2. The summed E-state index contributed by atoms with van der Waals surface area (Å²) in [4.78, 5) is 15.8. The van der Waals surface area contributed by atoms with Crippen LogP contribution in [0.1, 0.15) is 5.56 Å². The lowest BCUT2D eigenvalue weighted by molar-refractivity contribution is -0.130. The number of carbonyl (C=O) groups excluding carboxylic acids is 1. The molecule has 0 radical (unpaired) electrons. The van der Waals surface area contributed by atoms with Crippen LogP contribution < -0.4 is 4.90 Å². The Balaban J connectivity index is 1.86. The van der Waals surface area contributed by atoms with Crippen LogP contribution >= 0.6 is 11.6 Å². The average Bonchev–Trinajstić information content (AvgIpc) is 2.74. The molecule has 2 aromatic carbocycles. The fourth-order valence-electron chi connectivity index (χ4n) is 3.28. The van der Waals surface area contributed by atoms with Gasteiger partial charge in [0.2, 0.25) is 9.84 Å². The highest BCUT2D eigenvalue weighted by molar-refractivity contribution is 7.96. The SMILES string of the molecule is N#Cc1ccc(N2C=C(C(=O)N3CCOCC3)S(=O)(=O)c3ccc(Cl)cc32)cc1. The number of amides is 1. The Morgan fingerprint density at radius 3 is 2.45 bits per heavy atom. The van der Waals surface area contributed by atoms with Crippen LogP contribution in [0.3, 0.4) is 0 Å². The minimum atomic E-state index is -4.03. The van der Waals surface area contributed by atoms with Gasteiger partial charge in [0.05, 0.1) is 35.4 Å². The van der Waals surface area contributed by atoms with Crippen molar-refractivity contribution in [3.05, 3.63) is 64.2 Å². The summed E-state index contributed by atoms with van der Waals surface area (Å²) in [5.41, 5.74) is 1.42. The van der Waals surface area contributed by atoms with Gasteiger partial charge in [-0.15, -0.1) is 0 Å². The second-order valence-electron chi connectivity index (χ2n) is 6.54. The number of fused-ring (bicyclic) bond motifs is 1. The summed E-state index contributed by atoms with van der Waals surface area (Å²) in [6, 6.07) is 13.1. The average molecular weight is 430 g/mol. The normalized spacial score (nSPS) is 17.9. The van der Waals surface area contributed by atoms with Gasteiger partial charge in [-0.2, -0.15) is 5.26 Å². The highest BCUT2D eigenvalue weighted by Crippen LogP contribution is 2.41. The molecule has 1 fully saturated rings. The second kappa shape index (κ2) is 7.52. The van der Waals surface area contributed by atoms with Gasteiger partial charge in [-0.1, -0.05) is 11.6 Å². The van der Waals surface area contributed by atoms with Crippen molar-refractivity contribution in [3.8, 4) is 6.07 Å². The first kappa shape index (κ1) is 19.5. The molecular weight excluding hydrogens is 414 g/mol. The number of nitriles is 1. The molecule has 1 saturated heterocycles. The van der Waals surface area contributed by atoms with Gasteiger partial charge in [-0.25, -0.2) is 8.42 Å². The summed E-state index contributed by atoms with van der Waals surface area (Å²) in [5, 5.41) is 9.40. The number of rotatable bonds is 2. The highest BCUT2D eigenvalue weighted by Gasteiger charge is 2.38. The third kappa shape index (κ3) is 3.49. The lowest BCUT2D eigenvalue weighted by atomic mass is 10.2. The summed E-state index contributed by atoms with van der Waals surface area (Å²) in [5.74, 6) is -0.562. The molecule has 7 nitrogen and oxygen atoms in total. The largest absolute Gasteiger partial charge is 0.378 e. The fraction of sp³-hybridized carbons (Fsp3) is 0.200. The predicted molar refractivity (Wildman–Crippen MR) is 107 cm³/mol. The minimum Gasteiger partial charge on any atom is -0.378 e. The van der Waals surface area contributed by atoms with E-state index in [4.69, 9.17) is 21.6 Å². The lowest BCUT2D eigenvalue weighted by Gasteiger charge is -2.32. The van der Waals surface area contributed by atoms with E-state index < -0.39 is 15.7 Å². The molecule has 0 N–H and O–H groups in total. The van der Waals surface area contributed by atoms with Crippen LogP contribution in [0.2, 0.25) is 5.02 Å². The van der Waals surface area contributed by atoms with E-state index in [0.29, 0.717) is 48.3 Å². The van der Waals surface area contributed by atoms with E-state index in [2.05, 4.69) is 0 Å². The molecule has 2 aromatic rings. The van der Waals surface area contributed by atoms with Crippen molar-refractivity contribution in [1.82, 2.24) is 4.90 Å². The molecule has 4 rings (SSSR count). The molecule has 2 heterocycles. The van der Waals surface area contributed by atoms with Crippen LogP contribution in [0.4, 0.5) is 11.4 Å². The topological polar surface area (TPSA) is 90.7 Å². The van der Waals surface area contributed by atoms with Gasteiger partial charge in [0.1, 0.15) is 0 Å². The maximum Gasteiger partial charge on any atom is 0.267 e. The zero-order valence-corrected chi connectivity index (χ0v) is 16.8. The molecule has 0 atom stereocenters. The molecule has 2 aliphatic heterocycles. The number of hydrogen-bond acceptors (Lipinski definition) is 6. The molecule has 0 bridgehead atoms. The quantitative estimate of drug-likeness (QED) is 0.729. The van der Waals surface area contributed by atoms with Gasteiger partial charge < -0.3 is 14.5 Å². The predicted octanol–water partition coefficient (Wildman–Crippen LogP) is 2.84. The molecule has 0 aliphatic carbocycles. The molecule has 148 valence electrons. The van der Waals surface area contributed by atoms with E-state index in [9.17, 15) is 13.2 Å². The van der Waals surface area contributed by atoms with Crippen LogP contribution in [0.15, 0.2) is 58.5 Å². The van der Waals surface area contributed by atoms with Gasteiger partial charge in [-0.05, 0) is 42.5 Å². The Hall–Kier alpha value is -2.86. The van der Waals surface area contributed by atoms with Gasteiger partial charge in [-0.3, -0.25) is 4.79 Å². The zero-order valence-electron chi connectivity index (χ0n) is 15.2. The molecule has 9 heteroatoms. The lowest BCUT2D eigenvalue weighted by Crippen LogP contribution is -2.43. The number of carbonyl (C=O) groups is 1. The third-order valence-corrected chi connectivity index (χ3v) is 6.81. The van der Waals surface area contributed by atoms with Crippen LogP contribution in [0.25, 0.3) is 0 Å². The van der Waals surface area contributed by atoms with Crippen molar-refractivity contribution in [2.24, 2.45) is 0 Å². The first-order valence-corrected chi connectivity index (χ1v) is 10.7. The minimum absolute atomic E-state index is 0.00497. The summed E-state index contributed by atoms with van der Waals surface area (Å²) in [6.07, 6.45) is 1.33. The van der Waals surface area contributed by atoms with E-state index in [1.54, 1.807) is 35.2 Å². The summed E-state index contributed by atoms with van der Waals surface area (Å²) >= 11 is 6.12. The van der Waals surface area contributed by atoms with E-state index >= 15 is 0 Å². The van der Waals surface area contributed by atoms with Crippen LogP contribution in [0, 0.1) is 11.3 Å². The Morgan fingerprint density at radius 2 is 1.79 bits per heavy atom. The highest BCUT2D eigenvalue weighted by atomic mass is 35.5. The van der Waals surface area contributed by atoms with E-state index in [1.807, 2.05) is 6.07 Å². The molecule has 29 heavy (non-hydrogen) atoms. The van der Waals surface area contributed by atoms with E-state index in [1.165, 1.54) is 23.2 Å². The van der Waals surface area contributed by atoms with Crippen LogP contribution in [-0.2, 0) is 19.4 Å². The summed E-state index contributed by atoms with van der Waals surface area (Å²) < 4.78 is 31.7. The number of anilines is 2. The third-order valence-electron chi connectivity index (χ3n) is 4.79. The maximum absolute atomic E-state index is 13.2. The molecule has 0 aromatic heterocycles. The van der Waals surface area contributed by atoms with Crippen molar-refractivity contribution >= 4 is 38.7 Å². The van der Waals surface area contributed by atoms with Crippen LogP contribution in [0.5, 0.6) is 0 Å². The fourth-order valence-corrected chi connectivity index (χ4v) is 4.97. The second-order valence-corrected chi connectivity index (χ2v) is 8.87. The van der Waals surface area contributed by atoms with E-state index in [0.717, 1.165) is 0 Å². The number of ether oxygens (including phenoxy) is 1. The standard InChI is InChI=1S/C20H16ClN3O4S/c21-15-3-6-18-17(11-15)24(16-4-1-14(12-22)2-5-16)13-19(29(18,26)27)20(25)23-7-9-28-10-8-23/h1-6,11,13H,7-10H2. The molecular formula is C20H16ClN3O4S. The van der Waals surface area contributed by atoms with Crippen molar-refractivity contribution < 1.29 is 17.9 Å². The number of morpholine rings is 1. The van der Waals surface area contributed by atoms with Gasteiger partial charge in [0.25, 0.3) is 5.91 Å². The van der Waals surface area contributed by atoms with Crippen molar-refractivity contribution in [2.45, 2.75) is 4.90 Å². The van der Waals surface area contributed by atoms with Gasteiger partial charge >= 0.3 is 0 Å². The monoisotopic (exact) mass is 429 g/mol. The Bertz CT molecular complexity index is 1150. The van der Waals surface area contributed by atoms with Crippen LogP contribution in [-0.4, -0.2) is 45.5 Å². The van der Waals surface area contributed by atoms with Gasteiger partial charge in [0, 0.05) is 30.0 Å².